The smallest absolute Gasteiger partial charge is 0.228 e. The van der Waals surface area contributed by atoms with Crippen LogP contribution in [0.25, 0.3) is 22.0 Å². The Balaban J connectivity index is 1.21. The summed E-state index contributed by atoms with van der Waals surface area (Å²) in [5.74, 6) is -0.257. The molecule has 4 aromatic rings. The van der Waals surface area contributed by atoms with Crippen molar-refractivity contribution in [3.63, 3.8) is 0 Å². The molecule has 0 spiro atoms. The second-order valence-corrected chi connectivity index (χ2v) is 11.7. The first kappa shape index (κ1) is 25.8. The highest BCUT2D eigenvalue weighted by Gasteiger charge is 2.45. The van der Waals surface area contributed by atoms with Crippen molar-refractivity contribution in [2.75, 3.05) is 31.2 Å². The zero-order chi connectivity index (χ0) is 28.3. The van der Waals surface area contributed by atoms with E-state index >= 15 is 8.78 Å². The number of rotatable bonds is 6. The van der Waals surface area contributed by atoms with E-state index in [9.17, 15) is 0 Å². The van der Waals surface area contributed by atoms with Crippen molar-refractivity contribution >= 4 is 22.7 Å². The summed E-state index contributed by atoms with van der Waals surface area (Å²) in [5.41, 5.74) is 2.22. The van der Waals surface area contributed by atoms with E-state index in [1.165, 1.54) is 6.07 Å². The van der Waals surface area contributed by atoms with Crippen LogP contribution in [0.1, 0.15) is 43.2 Å². The van der Waals surface area contributed by atoms with Crippen LogP contribution in [0.2, 0.25) is 0 Å². The fourth-order valence-electron chi connectivity index (χ4n) is 7.29. The maximum atomic E-state index is 16.8. The number of nitrogens with zero attached hydrogens (tertiary/aromatic N) is 6. The van der Waals surface area contributed by atoms with Gasteiger partial charge in [-0.05, 0) is 50.2 Å². The van der Waals surface area contributed by atoms with Gasteiger partial charge in [0, 0.05) is 47.4 Å². The molecule has 42 heavy (non-hydrogen) atoms. The third kappa shape index (κ3) is 4.11. The van der Waals surface area contributed by atoms with Crippen molar-refractivity contribution in [2.45, 2.75) is 57.1 Å². The summed E-state index contributed by atoms with van der Waals surface area (Å²) in [7, 11) is 0. The highest BCUT2D eigenvalue weighted by molar-refractivity contribution is 5.98. The molecule has 2 aromatic carbocycles. The molecule has 4 aliphatic heterocycles. The molecular weight excluding hydrogens is 538 g/mol. The first-order valence-corrected chi connectivity index (χ1v) is 14.8. The predicted octanol–water partition coefficient (Wildman–Crippen LogP) is 5.53. The van der Waals surface area contributed by atoms with Gasteiger partial charge in [0.15, 0.2) is 5.82 Å². The maximum absolute atomic E-state index is 16.8. The fraction of sp³-hybridized carbons (Fsp3) is 0.406. The molecule has 2 saturated heterocycles. The van der Waals surface area contributed by atoms with Crippen LogP contribution in [0, 0.1) is 11.6 Å². The molecule has 0 saturated carbocycles. The molecule has 6 heterocycles. The van der Waals surface area contributed by atoms with Gasteiger partial charge < -0.3 is 14.4 Å². The number of pyridine rings is 1. The van der Waals surface area contributed by atoms with Crippen LogP contribution < -0.4 is 9.64 Å². The number of ether oxygens (including phenoxy) is 2. The number of fused-ring (bicyclic) bond motifs is 4. The molecule has 2 fully saturated rings. The first-order valence-electron chi connectivity index (χ1n) is 14.8. The molecule has 10 heteroatoms. The van der Waals surface area contributed by atoms with Crippen molar-refractivity contribution < 1.29 is 18.3 Å². The van der Waals surface area contributed by atoms with Crippen LogP contribution in [-0.4, -0.2) is 64.1 Å². The highest BCUT2D eigenvalue weighted by atomic mass is 19.1. The third-order valence-electron chi connectivity index (χ3n) is 9.29. The number of halogens is 2. The molecule has 0 bridgehead atoms. The summed E-state index contributed by atoms with van der Waals surface area (Å²) in [5, 5.41) is 5.55. The summed E-state index contributed by atoms with van der Waals surface area (Å²) < 4.78 is 46.3. The van der Waals surface area contributed by atoms with E-state index < -0.39 is 18.0 Å². The van der Waals surface area contributed by atoms with Crippen molar-refractivity contribution in [1.29, 1.82) is 0 Å². The van der Waals surface area contributed by atoms with Crippen LogP contribution in [0.5, 0.6) is 5.88 Å². The Kier molecular flexibility index (Phi) is 6.22. The van der Waals surface area contributed by atoms with E-state index in [1.54, 1.807) is 36.8 Å². The molecule has 0 amide bonds. The Morgan fingerprint density at radius 3 is 2.69 bits per heavy atom. The molecule has 4 aliphatic rings. The average Bonchev–Trinajstić information content (AvgIpc) is 3.71. The summed E-state index contributed by atoms with van der Waals surface area (Å²) in [4.78, 5) is 13.6. The normalized spacial score (nSPS) is 20.9. The lowest BCUT2D eigenvalue weighted by molar-refractivity contribution is -0.0110. The second-order valence-electron chi connectivity index (χ2n) is 11.7. The lowest BCUT2D eigenvalue weighted by Crippen LogP contribution is -2.47. The molecule has 0 radical (unpaired) electrons. The van der Waals surface area contributed by atoms with Crippen LogP contribution in [0.15, 0.2) is 53.8 Å². The highest BCUT2D eigenvalue weighted by Crippen LogP contribution is 2.42. The number of aliphatic imine (C=N–C) groups is 1. The van der Waals surface area contributed by atoms with Crippen molar-refractivity contribution in [3.05, 3.63) is 71.6 Å². The number of aryl methyl sites for hydroxylation is 1. The first-order chi connectivity index (χ1) is 20.6. The third-order valence-corrected chi connectivity index (χ3v) is 9.29. The fourth-order valence-corrected chi connectivity index (χ4v) is 7.29. The molecule has 0 aliphatic carbocycles. The van der Waals surface area contributed by atoms with Gasteiger partial charge in [-0.15, -0.1) is 0 Å². The second kappa shape index (κ2) is 10.1. The molecule has 216 valence electrons. The van der Waals surface area contributed by atoms with E-state index in [2.05, 4.69) is 15.0 Å². The van der Waals surface area contributed by atoms with Gasteiger partial charge in [0.1, 0.15) is 11.5 Å². The Hall–Kier alpha value is -3.89. The van der Waals surface area contributed by atoms with Crippen LogP contribution in [0.4, 0.5) is 14.5 Å². The number of hydrogen-bond acceptors (Lipinski definition) is 7. The molecule has 1 unspecified atom stereocenters. The van der Waals surface area contributed by atoms with E-state index in [0.717, 1.165) is 57.3 Å². The molecule has 8 nitrogen and oxygen atoms in total. The van der Waals surface area contributed by atoms with Gasteiger partial charge >= 0.3 is 0 Å². The molecule has 8 rings (SSSR count). The van der Waals surface area contributed by atoms with Crippen molar-refractivity contribution in [1.82, 2.24) is 19.7 Å². The lowest BCUT2D eigenvalue weighted by atomic mass is 9.95. The monoisotopic (exact) mass is 570 g/mol. The van der Waals surface area contributed by atoms with Gasteiger partial charge in [-0.2, -0.15) is 5.10 Å². The topological polar surface area (TPSA) is 68.0 Å². The molecule has 0 N–H and O–H groups in total. The van der Waals surface area contributed by atoms with Gasteiger partial charge in [0.05, 0.1) is 37.2 Å². The largest absolute Gasteiger partial charge is 0.478 e. The maximum Gasteiger partial charge on any atom is 0.228 e. The van der Waals surface area contributed by atoms with E-state index in [-0.39, 0.29) is 17.8 Å². The minimum Gasteiger partial charge on any atom is -0.478 e. The lowest BCUT2D eigenvalue weighted by Gasteiger charge is -2.38. The Bertz CT molecular complexity index is 1690. The number of anilines is 1. The van der Waals surface area contributed by atoms with Crippen LogP contribution >= 0.6 is 0 Å². The number of benzene rings is 2. The molecule has 2 aromatic heterocycles. The summed E-state index contributed by atoms with van der Waals surface area (Å²) in [6.45, 7) is 4.38. The van der Waals surface area contributed by atoms with Gasteiger partial charge in [0.25, 0.3) is 0 Å². The van der Waals surface area contributed by atoms with Crippen molar-refractivity contribution in [2.24, 2.45) is 4.99 Å². The van der Waals surface area contributed by atoms with Gasteiger partial charge in [-0.25, -0.2) is 18.5 Å². The number of aromatic nitrogens is 3. The zero-order valence-electron chi connectivity index (χ0n) is 23.3. The minimum absolute atomic E-state index is 0.0177. The Morgan fingerprint density at radius 1 is 1.00 bits per heavy atom. The van der Waals surface area contributed by atoms with E-state index in [0.29, 0.717) is 46.7 Å². The van der Waals surface area contributed by atoms with Crippen LogP contribution in [0.3, 0.4) is 0 Å². The van der Waals surface area contributed by atoms with Crippen molar-refractivity contribution in [3.8, 4) is 17.1 Å². The summed E-state index contributed by atoms with van der Waals surface area (Å²) >= 11 is 0. The van der Waals surface area contributed by atoms with Crippen LogP contribution in [-0.2, 0) is 17.8 Å². The average molecular weight is 571 g/mol. The molecular formula is C32H32F2N6O2. The standard InChI is InChI=1S/C32H32F2N6O2/c33-25-9-2-7-21-6-1-8-24(26(21)25)28-27(34)29-22(16-35-28)17-36-31(42-20-32-10-3-12-38(32)13-4-11-32)39(29)19-23-18-37-40-14-5-15-41-30(23)40/h1-2,6-9,16-18,31H,3-5,10-15,19-20H2. The predicted molar refractivity (Wildman–Crippen MR) is 156 cm³/mol. The SMILES string of the molecule is Fc1c(-c2cccc3cccc(F)c23)ncc2c1N(Cc1cnn3c1OCCC3)C(OCC13CCCN1CCC3)N=C2. The van der Waals surface area contributed by atoms with Gasteiger partial charge in [-0.1, -0.05) is 30.3 Å². The summed E-state index contributed by atoms with van der Waals surface area (Å²) in [6, 6.07) is 10.2. The quantitative estimate of drug-likeness (QED) is 0.304. The van der Waals surface area contributed by atoms with Gasteiger partial charge in [0.2, 0.25) is 12.2 Å². The zero-order valence-corrected chi connectivity index (χ0v) is 23.3. The van der Waals surface area contributed by atoms with E-state index in [4.69, 9.17) is 14.5 Å². The Labute approximate surface area is 242 Å². The Morgan fingerprint density at radius 2 is 1.83 bits per heavy atom. The minimum atomic E-state index is -0.747. The van der Waals surface area contributed by atoms with E-state index in [1.807, 2.05) is 21.7 Å². The number of hydrogen-bond donors (Lipinski definition) is 0. The van der Waals surface area contributed by atoms with Gasteiger partial charge in [-0.3, -0.25) is 9.88 Å². The molecule has 1 atom stereocenters. The summed E-state index contributed by atoms with van der Waals surface area (Å²) in [6.07, 6.45) is 9.69.